The van der Waals surface area contributed by atoms with Gasteiger partial charge in [-0.15, -0.1) is 0 Å². The zero-order chi connectivity index (χ0) is 27.6. The van der Waals surface area contributed by atoms with Gasteiger partial charge in [-0.1, -0.05) is 62.2 Å². The fourth-order valence-electron chi connectivity index (χ4n) is 4.35. The number of fused-ring (bicyclic) bond motifs is 1. The Morgan fingerprint density at radius 1 is 1.00 bits per heavy atom. The number of carboxylic acids is 1. The topological polar surface area (TPSA) is 95.9 Å². The first-order chi connectivity index (χ1) is 17.9. The summed E-state index contributed by atoms with van der Waals surface area (Å²) >= 11 is 12.9. The summed E-state index contributed by atoms with van der Waals surface area (Å²) in [6.07, 6.45) is -2.13. The van der Waals surface area contributed by atoms with Crippen molar-refractivity contribution >= 4 is 52.4 Å². The molecule has 0 fully saturated rings. The van der Waals surface area contributed by atoms with Crippen LogP contribution in [0.1, 0.15) is 54.8 Å². The van der Waals surface area contributed by atoms with Crippen LogP contribution in [0.2, 0.25) is 10.0 Å². The predicted octanol–water partition coefficient (Wildman–Crippen LogP) is 6.59. The second-order valence-electron chi connectivity index (χ2n) is 10.3. The maximum absolute atomic E-state index is 13.9. The van der Waals surface area contributed by atoms with Crippen LogP contribution in [-0.2, 0) is 14.3 Å². The molecule has 3 aromatic rings. The molecule has 2 amide bonds. The summed E-state index contributed by atoms with van der Waals surface area (Å²) in [6, 6.07) is 18.3. The van der Waals surface area contributed by atoms with Gasteiger partial charge in [0.2, 0.25) is 5.91 Å². The Hall–Kier alpha value is -3.39. The number of carbonyl (C=O) groups is 3. The molecule has 2 unspecified atom stereocenters. The molecular formula is C29H28Cl2N2O5. The second-order valence-corrected chi connectivity index (χ2v) is 11.2. The third-order valence-electron chi connectivity index (χ3n) is 6.01. The zero-order valence-corrected chi connectivity index (χ0v) is 22.7. The molecule has 9 heteroatoms. The van der Waals surface area contributed by atoms with E-state index in [0.717, 1.165) is 0 Å². The molecule has 3 aromatic carbocycles. The lowest BCUT2D eigenvalue weighted by Gasteiger charge is -2.31. The van der Waals surface area contributed by atoms with Crippen molar-refractivity contribution in [2.45, 2.75) is 39.4 Å². The minimum atomic E-state index is -1.12. The molecule has 0 bridgehead atoms. The Morgan fingerprint density at radius 3 is 2.32 bits per heavy atom. The van der Waals surface area contributed by atoms with Crippen LogP contribution >= 0.6 is 23.2 Å². The number of nitrogens with zero attached hydrogens (tertiary/aromatic N) is 1. The third-order valence-corrected chi connectivity index (χ3v) is 6.59. The molecule has 2 N–H and O–H groups in total. The number of anilines is 2. The molecule has 1 aliphatic rings. The Balaban J connectivity index is 1.71. The largest absolute Gasteiger partial charge is 0.478 e. The van der Waals surface area contributed by atoms with Crippen LogP contribution in [0, 0.1) is 5.41 Å². The van der Waals surface area contributed by atoms with Crippen LogP contribution in [-0.4, -0.2) is 35.5 Å². The molecule has 2 atom stereocenters. The molecule has 1 heterocycles. The van der Waals surface area contributed by atoms with Gasteiger partial charge in [0, 0.05) is 39.1 Å². The molecule has 0 saturated heterocycles. The molecular weight excluding hydrogens is 527 g/mol. The molecule has 1 aliphatic heterocycles. The number of hydrogen-bond acceptors (Lipinski definition) is 4. The highest BCUT2D eigenvalue weighted by molar-refractivity contribution is 6.31. The number of carbonyl (C=O) groups excluding carboxylic acids is 2. The maximum Gasteiger partial charge on any atom is 0.335 e. The first-order valence-corrected chi connectivity index (χ1v) is 12.8. The van der Waals surface area contributed by atoms with Crippen LogP contribution in [0.15, 0.2) is 66.7 Å². The van der Waals surface area contributed by atoms with E-state index in [1.54, 1.807) is 35.2 Å². The fraction of sp³-hybridized carbons (Fsp3) is 0.276. The Bertz CT molecular complexity index is 1370. The van der Waals surface area contributed by atoms with Crippen molar-refractivity contribution in [2.75, 3.05) is 16.8 Å². The number of aromatic carboxylic acids is 1. The SMILES string of the molecule is CC(C)(C)CN1C(=O)C(CC(=O)Nc2ccc(C(=O)O)cc2)OC(c2ccccc2Cl)c2cc(Cl)ccc21. The number of nitrogens with one attached hydrogen (secondary N) is 1. The average Bonchev–Trinajstić information content (AvgIpc) is 2.94. The first-order valence-electron chi connectivity index (χ1n) is 12.1. The molecule has 0 aliphatic carbocycles. The number of ether oxygens (including phenoxy) is 1. The monoisotopic (exact) mass is 554 g/mol. The highest BCUT2D eigenvalue weighted by atomic mass is 35.5. The summed E-state index contributed by atoms with van der Waals surface area (Å²) in [5, 5.41) is 12.8. The molecule has 7 nitrogen and oxygen atoms in total. The van der Waals surface area contributed by atoms with Crippen molar-refractivity contribution in [2.24, 2.45) is 5.41 Å². The van der Waals surface area contributed by atoms with E-state index >= 15 is 0 Å². The quantitative estimate of drug-likeness (QED) is 0.358. The van der Waals surface area contributed by atoms with E-state index in [-0.39, 0.29) is 23.3 Å². The number of amides is 2. The highest BCUT2D eigenvalue weighted by Crippen LogP contribution is 2.42. The van der Waals surface area contributed by atoms with Crippen molar-refractivity contribution in [1.82, 2.24) is 0 Å². The van der Waals surface area contributed by atoms with E-state index in [1.807, 2.05) is 32.9 Å². The van der Waals surface area contributed by atoms with Crippen molar-refractivity contribution in [3.05, 3.63) is 93.5 Å². The van der Waals surface area contributed by atoms with Crippen LogP contribution in [0.3, 0.4) is 0 Å². The molecule has 0 saturated carbocycles. The molecule has 0 spiro atoms. The van der Waals surface area contributed by atoms with Crippen molar-refractivity contribution in [3.8, 4) is 0 Å². The van der Waals surface area contributed by atoms with Gasteiger partial charge in [0.1, 0.15) is 12.2 Å². The summed E-state index contributed by atoms with van der Waals surface area (Å²) in [7, 11) is 0. The van der Waals surface area contributed by atoms with E-state index in [1.165, 1.54) is 24.3 Å². The third kappa shape index (κ3) is 6.35. The van der Waals surface area contributed by atoms with Gasteiger partial charge in [-0.25, -0.2) is 4.79 Å². The van der Waals surface area contributed by atoms with Gasteiger partial charge < -0.3 is 20.1 Å². The number of halogens is 2. The molecule has 198 valence electrons. The fourth-order valence-corrected chi connectivity index (χ4v) is 4.76. The first kappa shape index (κ1) is 27.6. The summed E-state index contributed by atoms with van der Waals surface area (Å²) in [4.78, 5) is 39.8. The Labute approximate surface area is 231 Å². The van der Waals surface area contributed by atoms with E-state index in [0.29, 0.717) is 39.1 Å². The van der Waals surface area contributed by atoms with Gasteiger partial charge in [0.15, 0.2) is 0 Å². The van der Waals surface area contributed by atoms with Crippen LogP contribution in [0.4, 0.5) is 11.4 Å². The Kier molecular flexibility index (Phi) is 8.11. The van der Waals surface area contributed by atoms with Crippen LogP contribution in [0.5, 0.6) is 0 Å². The predicted molar refractivity (Wildman–Crippen MR) is 148 cm³/mol. The van der Waals surface area contributed by atoms with E-state index in [2.05, 4.69) is 5.32 Å². The minimum Gasteiger partial charge on any atom is -0.478 e. The molecule has 0 aromatic heterocycles. The maximum atomic E-state index is 13.9. The number of rotatable bonds is 6. The van der Waals surface area contributed by atoms with Gasteiger partial charge in [-0.2, -0.15) is 0 Å². The zero-order valence-electron chi connectivity index (χ0n) is 21.2. The van der Waals surface area contributed by atoms with Crippen molar-refractivity contribution in [3.63, 3.8) is 0 Å². The molecule has 0 radical (unpaired) electrons. The van der Waals surface area contributed by atoms with Crippen molar-refractivity contribution in [1.29, 1.82) is 0 Å². The summed E-state index contributed by atoms with van der Waals surface area (Å²) in [6.45, 7) is 6.45. The van der Waals surface area contributed by atoms with E-state index in [9.17, 15) is 14.4 Å². The number of hydrogen-bond donors (Lipinski definition) is 2. The van der Waals surface area contributed by atoms with Crippen LogP contribution in [0.25, 0.3) is 0 Å². The summed E-state index contributed by atoms with van der Waals surface area (Å²) in [5.41, 5.74) is 2.22. The van der Waals surface area contributed by atoms with Gasteiger partial charge in [-0.05, 0) is 53.9 Å². The Morgan fingerprint density at radius 2 is 1.68 bits per heavy atom. The minimum absolute atomic E-state index is 0.0992. The van der Waals surface area contributed by atoms with Crippen molar-refractivity contribution < 1.29 is 24.2 Å². The second kappa shape index (κ2) is 11.2. The lowest BCUT2D eigenvalue weighted by molar-refractivity contribution is -0.136. The number of carboxylic acid groups (broad SMARTS) is 1. The lowest BCUT2D eigenvalue weighted by Crippen LogP contribution is -2.44. The summed E-state index contributed by atoms with van der Waals surface area (Å²) in [5.74, 6) is -1.87. The standard InChI is InChI=1S/C29H28Cl2N2O5/c1-29(2,3)16-33-23-13-10-18(30)14-21(23)26(20-6-4-5-7-22(20)31)38-24(27(33)35)15-25(34)32-19-11-8-17(9-12-19)28(36)37/h4-14,24,26H,15-16H2,1-3H3,(H,32,34)(H,36,37). The molecule has 4 rings (SSSR count). The smallest absolute Gasteiger partial charge is 0.335 e. The van der Waals surface area contributed by atoms with Gasteiger partial charge >= 0.3 is 5.97 Å². The average molecular weight is 555 g/mol. The highest BCUT2D eigenvalue weighted by Gasteiger charge is 2.39. The van der Waals surface area contributed by atoms with Gasteiger partial charge in [0.25, 0.3) is 5.91 Å². The summed E-state index contributed by atoms with van der Waals surface area (Å²) < 4.78 is 6.40. The van der Waals surface area contributed by atoms with Crippen LogP contribution < -0.4 is 10.2 Å². The van der Waals surface area contributed by atoms with Gasteiger partial charge in [-0.3, -0.25) is 9.59 Å². The number of benzene rings is 3. The lowest BCUT2D eigenvalue weighted by atomic mass is 9.94. The normalized spacial score (nSPS) is 17.5. The molecule has 38 heavy (non-hydrogen) atoms. The van der Waals surface area contributed by atoms with E-state index < -0.39 is 24.1 Å². The van der Waals surface area contributed by atoms with Gasteiger partial charge in [0.05, 0.1) is 12.0 Å². The van der Waals surface area contributed by atoms with E-state index in [4.69, 9.17) is 33.0 Å².